The minimum absolute atomic E-state index is 0.282. The molecule has 0 saturated heterocycles. The first-order valence-electron chi connectivity index (χ1n) is 6.24. The van der Waals surface area contributed by atoms with E-state index in [4.69, 9.17) is 4.74 Å². The zero-order valence-corrected chi connectivity index (χ0v) is 11.0. The molecular weight excluding hydrogens is 254 g/mol. The van der Waals surface area contributed by atoms with Crippen molar-refractivity contribution in [3.8, 4) is 5.75 Å². The molecular formula is C15H13N3O2. The fraction of sp³-hybridized carbons (Fsp3) is 0.133. The third-order valence-corrected chi connectivity index (χ3v) is 2.97. The van der Waals surface area contributed by atoms with Crippen molar-refractivity contribution in [3.63, 3.8) is 0 Å². The summed E-state index contributed by atoms with van der Waals surface area (Å²) in [6.45, 7) is 2.29. The van der Waals surface area contributed by atoms with E-state index in [1.54, 1.807) is 16.7 Å². The Hall–Kier alpha value is -2.69. The second kappa shape index (κ2) is 5.13. The SMILES string of the molecule is Cc1cccc(OCc2nc(C=O)c3ncccn23)c1. The number of carbonyl (C=O) groups is 1. The van der Waals surface area contributed by atoms with Crippen LogP contribution in [0.25, 0.3) is 5.65 Å². The van der Waals surface area contributed by atoms with Gasteiger partial charge in [0.15, 0.2) is 17.8 Å². The maximum atomic E-state index is 11.0. The van der Waals surface area contributed by atoms with Gasteiger partial charge in [0, 0.05) is 12.4 Å². The smallest absolute Gasteiger partial charge is 0.172 e. The van der Waals surface area contributed by atoms with E-state index in [-0.39, 0.29) is 6.61 Å². The Morgan fingerprint density at radius 3 is 3.05 bits per heavy atom. The lowest BCUT2D eigenvalue weighted by atomic mass is 10.2. The van der Waals surface area contributed by atoms with Crippen molar-refractivity contribution in [1.82, 2.24) is 14.4 Å². The molecule has 0 fully saturated rings. The second-order valence-corrected chi connectivity index (χ2v) is 4.45. The molecule has 3 aromatic rings. The fourth-order valence-electron chi connectivity index (χ4n) is 2.05. The molecule has 2 heterocycles. The summed E-state index contributed by atoms with van der Waals surface area (Å²) in [5.41, 5.74) is 2.00. The van der Waals surface area contributed by atoms with E-state index in [1.165, 1.54) is 0 Å². The van der Waals surface area contributed by atoms with Crippen LogP contribution in [0.4, 0.5) is 0 Å². The topological polar surface area (TPSA) is 56.5 Å². The molecule has 0 aliphatic carbocycles. The molecule has 0 spiro atoms. The van der Waals surface area contributed by atoms with Crippen LogP contribution in [0.3, 0.4) is 0 Å². The molecule has 0 unspecified atom stereocenters. The number of hydrogen-bond acceptors (Lipinski definition) is 4. The predicted molar refractivity (Wildman–Crippen MR) is 73.9 cm³/mol. The van der Waals surface area contributed by atoms with Crippen LogP contribution in [0.5, 0.6) is 5.75 Å². The molecule has 0 aliphatic heterocycles. The molecule has 0 N–H and O–H groups in total. The standard InChI is InChI=1S/C15H13N3O2/c1-11-4-2-5-12(8-11)20-10-14-17-13(9-19)15-16-6-3-7-18(14)15/h2-9H,10H2,1H3. The van der Waals surface area contributed by atoms with E-state index in [2.05, 4.69) is 9.97 Å². The molecule has 2 aromatic heterocycles. The normalized spacial score (nSPS) is 10.7. The predicted octanol–water partition coefficient (Wildman–Crippen LogP) is 2.43. The first kappa shape index (κ1) is 12.3. The van der Waals surface area contributed by atoms with Crippen molar-refractivity contribution in [3.05, 3.63) is 59.8 Å². The van der Waals surface area contributed by atoms with Crippen LogP contribution in [0.15, 0.2) is 42.7 Å². The first-order valence-corrected chi connectivity index (χ1v) is 6.24. The molecule has 0 amide bonds. The Balaban J connectivity index is 1.89. The molecule has 0 radical (unpaired) electrons. The summed E-state index contributed by atoms with van der Waals surface area (Å²) >= 11 is 0. The summed E-state index contributed by atoms with van der Waals surface area (Å²) in [6.07, 6.45) is 4.16. The Labute approximate surface area is 115 Å². The van der Waals surface area contributed by atoms with E-state index >= 15 is 0 Å². The van der Waals surface area contributed by atoms with Gasteiger partial charge in [-0.05, 0) is 30.7 Å². The quantitative estimate of drug-likeness (QED) is 0.681. The van der Waals surface area contributed by atoms with Crippen molar-refractivity contribution in [2.24, 2.45) is 0 Å². The Morgan fingerprint density at radius 1 is 1.35 bits per heavy atom. The number of ether oxygens (including phenoxy) is 1. The van der Waals surface area contributed by atoms with Crippen LogP contribution in [0, 0.1) is 6.92 Å². The summed E-state index contributed by atoms with van der Waals surface area (Å²) < 4.78 is 7.48. The molecule has 0 saturated carbocycles. The number of fused-ring (bicyclic) bond motifs is 1. The van der Waals surface area contributed by atoms with E-state index < -0.39 is 0 Å². The van der Waals surface area contributed by atoms with Crippen LogP contribution in [0.2, 0.25) is 0 Å². The number of nitrogens with zero attached hydrogens (tertiary/aromatic N) is 3. The summed E-state index contributed by atoms with van der Waals surface area (Å²) in [6, 6.07) is 9.58. The number of aryl methyl sites for hydroxylation is 1. The third-order valence-electron chi connectivity index (χ3n) is 2.97. The largest absolute Gasteiger partial charge is 0.486 e. The van der Waals surface area contributed by atoms with E-state index in [9.17, 15) is 4.79 Å². The van der Waals surface area contributed by atoms with Crippen LogP contribution in [-0.4, -0.2) is 20.7 Å². The number of aldehydes is 1. The number of carbonyl (C=O) groups excluding carboxylic acids is 1. The van der Waals surface area contributed by atoms with Crippen molar-refractivity contribution < 1.29 is 9.53 Å². The maximum Gasteiger partial charge on any atom is 0.172 e. The van der Waals surface area contributed by atoms with E-state index in [1.807, 2.05) is 37.4 Å². The lowest BCUT2D eigenvalue weighted by Crippen LogP contribution is -2.01. The van der Waals surface area contributed by atoms with Crippen molar-refractivity contribution in [2.45, 2.75) is 13.5 Å². The first-order chi connectivity index (χ1) is 9.78. The molecule has 3 rings (SSSR count). The van der Waals surface area contributed by atoms with E-state index in [0.717, 1.165) is 11.3 Å². The summed E-state index contributed by atoms with van der Waals surface area (Å²) in [7, 11) is 0. The highest BCUT2D eigenvalue weighted by Crippen LogP contribution is 2.15. The molecule has 0 aliphatic rings. The maximum absolute atomic E-state index is 11.0. The van der Waals surface area contributed by atoms with Gasteiger partial charge in [0.2, 0.25) is 0 Å². The number of benzene rings is 1. The van der Waals surface area contributed by atoms with Crippen LogP contribution < -0.4 is 4.74 Å². The zero-order valence-electron chi connectivity index (χ0n) is 11.0. The lowest BCUT2D eigenvalue weighted by molar-refractivity contribution is 0.112. The summed E-state index contributed by atoms with van der Waals surface area (Å²) in [5.74, 6) is 1.43. The van der Waals surface area contributed by atoms with Crippen LogP contribution in [0.1, 0.15) is 21.9 Å². The van der Waals surface area contributed by atoms with Gasteiger partial charge < -0.3 is 4.74 Å². The average Bonchev–Trinajstić information content (AvgIpc) is 2.83. The highest BCUT2D eigenvalue weighted by atomic mass is 16.5. The number of imidazole rings is 1. The summed E-state index contributed by atoms with van der Waals surface area (Å²) in [5, 5.41) is 0. The van der Waals surface area contributed by atoms with Crippen molar-refractivity contribution in [1.29, 1.82) is 0 Å². The molecule has 0 atom stereocenters. The highest BCUT2D eigenvalue weighted by molar-refractivity contribution is 5.81. The Morgan fingerprint density at radius 2 is 2.25 bits per heavy atom. The zero-order chi connectivity index (χ0) is 13.9. The fourth-order valence-corrected chi connectivity index (χ4v) is 2.05. The summed E-state index contributed by atoms with van der Waals surface area (Å²) in [4.78, 5) is 19.4. The van der Waals surface area contributed by atoms with Gasteiger partial charge in [-0.2, -0.15) is 0 Å². The molecule has 20 heavy (non-hydrogen) atoms. The van der Waals surface area contributed by atoms with Crippen LogP contribution in [-0.2, 0) is 6.61 Å². The minimum Gasteiger partial charge on any atom is -0.486 e. The molecule has 5 heteroatoms. The van der Waals surface area contributed by atoms with Gasteiger partial charge in [-0.25, -0.2) is 9.97 Å². The van der Waals surface area contributed by atoms with Gasteiger partial charge in [-0.3, -0.25) is 9.20 Å². The molecule has 5 nitrogen and oxygen atoms in total. The molecule has 0 bridgehead atoms. The Kier molecular flexibility index (Phi) is 3.16. The van der Waals surface area contributed by atoms with Gasteiger partial charge in [0.1, 0.15) is 18.1 Å². The third kappa shape index (κ3) is 2.25. The van der Waals surface area contributed by atoms with Crippen molar-refractivity contribution in [2.75, 3.05) is 0 Å². The van der Waals surface area contributed by atoms with Gasteiger partial charge in [0.05, 0.1) is 0 Å². The number of aromatic nitrogens is 3. The minimum atomic E-state index is 0.282. The average molecular weight is 267 g/mol. The van der Waals surface area contributed by atoms with Gasteiger partial charge in [-0.15, -0.1) is 0 Å². The number of rotatable bonds is 4. The van der Waals surface area contributed by atoms with Gasteiger partial charge in [-0.1, -0.05) is 12.1 Å². The highest BCUT2D eigenvalue weighted by Gasteiger charge is 2.11. The van der Waals surface area contributed by atoms with Gasteiger partial charge in [0.25, 0.3) is 0 Å². The monoisotopic (exact) mass is 267 g/mol. The molecule has 1 aromatic carbocycles. The van der Waals surface area contributed by atoms with E-state index in [0.29, 0.717) is 23.5 Å². The Bertz CT molecular complexity index is 765. The second-order valence-electron chi connectivity index (χ2n) is 4.45. The lowest BCUT2D eigenvalue weighted by Gasteiger charge is -2.05. The van der Waals surface area contributed by atoms with Crippen LogP contribution >= 0.6 is 0 Å². The number of hydrogen-bond donors (Lipinski definition) is 0. The van der Waals surface area contributed by atoms with Crippen molar-refractivity contribution >= 4 is 11.9 Å². The van der Waals surface area contributed by atoms with Gasteiger partial charge >= 0.3 is 0 Å². The molecule has 100 valence electrons.